The van der Waals surface area contributed by atoms with E-state index in [9.17, 15) is 19.1 Å². The van der Waals surface area contributed by atoms with Gasteiger partial charge >= 0.3 is 5.97 Å². The molecular formula is C15H14ClFN4O4. The number of nitrogens with one attached hydrogen (secondary N) is 1. The standard InChI is InChI=1S/C15H14ClFN4O4/c1-8-12(13(22)18-15(14(23)24)4-5-25-7-15)19-20-21(8)9-2-3-11(17)10(16)6-9/h2-3,6H,4-5,7H2,1H3,(H,18,22)(H,23,24). The van der Waals surface area contributed by atoms with Crippen LogP contribution >= 0.6 is 11.6 Å². The highest BCUT2D eigenvalue weighted by molar-refractivity contribution is 6.30. The summed E-state index contributed by atoms with van der Waals surface area (Å²) in [6, 6.07) is 3.96. The number of halogens is 2. The van der Waals surface area contributed by atoms with Gasteiger partial charge < -0.3 is 15.2 Å². The first kappa shape index (κ1) is 17.3. The number of aliphatic carboxylic acids is 1. The van der Waals surface area contributed by atoms with Crippen LogP contribution in [0.1, 0.15) is 22.6 Å². The van der Waals surface area contributed by atoms with Gasteiger partial charge in [0.05, 0.1) is 23.0 Å². The molecule has 1 aromatic heterocycles. The molecule has 2 aromatic rings. The third-order valence-electron chi connectivity index (χ3n) is 4.04. The van der Waals surface area contributed by atoms with Gasteiger partial charge in [0.1, 0.15) is 5.82 Å². The van der Waals surface area contributed by atoms with Gasteiger partial charge in [-0.15, -0.1) is 5.10 Å². The summed E-state index contributed by atoms with van der Waals surface area (Å²) in [6.07, 6.45) is 0.162. The van der Waals surface area contributed by atoms with Gasteiger partial charge in [-0.2, -0.15) is 0 Å². The number of carboxylic acids is 1. The highest BCUT2D eigenvalue weighted by Gasteiger charge is 2.44. The summed E-state index contributed by atoms with van der Waals surface area (Å²) in [5.41, 5.74) is -0.729. The summed E-state index contributed by atoms with van der Waals surface area (Å²) >= 11 is 5.76. The van der Waals surface area contributed by atoms with E-state index < -0.39 is 23.2 Å². The highest BCUT2D eigenvalue weighted by atomic mass is 35.5. The first-order valence-electron chi connectivity index (χ1n) is 7.35. The van der Waals surface area contributed by atoms with Gasteiger partial charge in [0.25, 0.3) is 5.91 Å². The van der Waals surface area contributed by atoms with Gasteiger partial charge in [0.15, 0.2) is 11.2 Å². The van der Waals surface area contributed by atoms with E-state index in [0.717, 1.165) is 0 Å². The van der Waals surface area contributed by atoms with Crippen LogP contribution in [0.3, 0.4) is 0 Å². The quantitative estimate of drug-likeness (QED) is 0.843. The van der Waals surface area contributed by atoms with Crippen LogP contribution in [0, 0.1) is 12.7 Å². The molecule has 2 heterocycles. The summed E-state index contributed by atoms with van der Waals surface area (Å²) < 4.78 is 19.7. The first-order valence-corrected chi connectivity index (χ1v) is 7.73. The molecule has 132 valence electrons. The molecule has 3 rings (SSSR count). The minimum absolute atomic E-state index is 0.0343. The zero-order chi connectivity index (χ0) is 18.2. The zero-order valence-electron chi connectivity index (χ0n) is 13.1. The van der Waals surface area contributed by atoms with Crippen LogP contribution in [0.4, 0.5) is 4.39 Å². The van der Waals surface area contributed by atoms with Crippen LogP contribution in [0.2, 0.25) is 5.02 Å². The van der Waals surface area contributed by atoms with Gasteiger partial charge in [-0.05, 0) is 25.1 Å². The molecule has 1 saturated heterocycles. The lowest BCUT2D eigenvalue weighted by Crippen LogP contribution is -2.55. The molecule has 1 amide bonds. The molecule has 0 bridgehead atoms. The molecule has 25 heavy (non-hydrogen) atoms. The molecule has 10 heteroatoms. The van der Waals surface area contributed by atoms with Crippen LogP contribution in [0.25, 0.3) is 5.69 Å². The third-order valence-corrected chi connectivity index (χ3v) is 4.33. The molecule has 0 spiro atoms. The van der Waals surface area contributed by atoms with Gasteiger partial charge in [-0.1, -0.05) is 16.8 Å². The van der Waals surface area contributed by atoms with E-state index in [2.05, 4.69) is 15.6 Å². The van der Waals surface area contributed by atoms with Crippen LogP contribution in [-0.2, 0) is 9.53 Å². The third kappa shape index (κ3) is 3.08. The van der Waals surface area contributed by atoms with E-state index in [1.165, 1.54) is 22.9 Å². The number of amides is 1. The number of carbonyl (C=O) groups is 2. The largest absolute Gasteiger partial charge is 0.479 e. The Labute approximate surface area is 146 Å². The van der Waals surface area contributed by atoms with E-state index in [4.69, 9.17) is 16.3 Å². The Morgan fingerprint density at radius 1 is 1.48 bits per heavy atom. The number of nitrogens with zero attached hydrogens (tertiary/aromatic N) is 3. The molecule has 1 aromatic carbocycles. The smallest absolute Gasteiger partial charge is 0.331 e. The second kappa shape index (κ2) is 6.41. The van der Waals surface area contributed by atoms with E-state index in [1.54, 1.807) is 6.92 Å². The van der Waals surface area contributed by atoms with E-state index in [-0.39, 0.29) is 30.4 Å². The molecule has 1 aliphatic heterocycles. The number of ether oxygens (including phenoxy) is 1. The molecular weight excluding hydrogens is 355 g/mol. The number of aromatic nitrogens is 3. The maximum absolute atomic E-state index is 13.3. The Balaban J connectivity index is 1.89. The molecule has 0 aliphatic carbocycles. The minimum Gasteiger partial charge on any atom is -0.479 e. The van der Waals surface area contributed by atoms with Crippen LogP contribution in [0.15, 0.2) is 18.2 Å². The number of rotatable bonds is 4. The van der Waals surface area contributed by atoms with Crippen LogP contribution in [0.5, 0.6) is 0 Å². The van der Waals surface area contributed by atoms with Crippen molar-refractivity contribution >= 4 is 23.5 Å². The highest BCUT2D eigenvalue weighted by Crippen LogP contribution is 2.22. The molecule has 8 nitrogen and oxygen atoms in total. The number of hydrogen-bond donors (Lipinski definition) is 2. The summed E-state index contributed by atoms with van der Waals surface area (Å²) in [7, 11) is 0. The maximum atomic E-state index is 13.3. The second-order valence-corrected chi connectivity index (χ2v) is 6.08. The molecule has 1 atom stereocenters. The topological polar surface area (TPSA) is 106 Å². The van der Waals surface area contributed by atoms with E-state index in [1.807, 2.05) is 0 Å². The molecule has 1 unspecified atom stereocenters. The van der Waals surface area contributed by atoms with Crippen molar-refractivity contribution in [1.82, 2.24) is 20.3 Å². The zero-order valence-corrected chi connectivity index (χ0v) is 13.9. The Bertz CT molecular complexity index is 848. The Morgan fingerprint density at radius 3 is 2.84 bits per heavy atom. The van der Waals surface area contributed by atoms with Crippen molar-refractivity contribution in [2.24, 2.45) is 0 Å². The molecule has 1 aliphatic rings. The molecule has 0 radical (unpaired) electrons. The lowest BCUT2D eigenvalue weighted by Gasteiger charge is -2.23. The Morgan fingerprint density at radius 2 is 2.24 bits per heavy atom. The average molecular weight is 369 g/mol. The SMILES string of the molecule is Cc1c(C(=O)NC2(C(=O)O)CCOC2)nnn1-c1ccc(F)c(Cl)c1. The predicted octanol–water partition coefficient (Wildman–Crippen LogP) is 1.34. The Kier molecular flexibility index (Phi) is 4.44. The number of benzene rings is 1. The van der Waals surface area contributed by atoms with Crippen molar-refractivity contribution in [2.45, 2.75) is 18.9 Å². The second-order valence-electron chi connectivity index (χ2n) is 5.68. The fraction of sp³-hybridized carbons (Fsp3) is 0.333. The van der Waals surface area contributed by atoms with Crippen molar-refractivity contribution in [3.05, 3.63) is 40.4 Å². The predicted molar refractivity (Wildman–Crippen MR) is 84.3 cm³/mol. The maximum Gasteiger partial charge on any atom is 0.331 e. The summed E-state index contributed by atoms with van der Waals surface area (Å²) in [5, 5.41) is 19.4. The molecule has 1 fully saturated rings. The Hall–Kier alpha value is -2.52. The number of carbonyl (C=O) groups excluding carboxylic acids is 1. The van der Waals surface area contributed by atoms with Gasteiger partial charge in [-0.3, -0.25) is 4.79 Å². The fourth-order valence-electron chi connectivity index (χ4n) is 2.56. The van der Waals surface area contributed by atoms with Gasteiger partial charge in [0.2, 0.25) is 0 Å². The van der Waals surface area contributed by atoms with Crippen molar-refractivity contribution in [1.29, 1.82) is 0 Å². The van der Waals surface area contributed by atoms with Crippen molar-refractivity contribution in [3.8, 4) is 5.69 Å². The van der Waals surface area contributed by atoms with Crippen LogP contribution in [-0.4, -0.2) is 50.7 Å². The number of hydrogen-bond acceptors (Lipinski definition) is 5. The van der Waals surface area contributed by atoms with E-state index >= 15 is 0 Å². The monoisotopic (exact) mass is 368 g/mol. The summed E-state index contributed by atoms with van der Waals surface area (Å²) in [4.78, 5) is 24.0. The summed E-state index contributed by atoms with van der Waals surface area (Å²) in [5.74, 6) is -2.43. The fourth-order valence-corrected chi connectivity index (χ4v) is 2.74. The minimum atomic E-state index is -1.48. The average Bonchev–Trinajstić information content (AvgIpc) is 3.18. The lowest BCUT2D eigenvalue weighted by molar-refractivity contribution is -0.144. The number of carboxylic acid groups (broad SMARTS) is 1. The molecule has 2 N–H and O–H groups in total. The van der Waals surface area contributed by atoms with Gasteiger partial charge in [0, 0.05) is 13.0 Å². The molecule has 0 saturated carbocycles. The van der Waals surface area contributed by atoms with Gasteiger partial charge in [-0.25, -0.2) is 13.9 Å². The van der Waals surface area contributed by atoms with Crippen LogP contribution < -0.4 is 5.32 Å². The normalized spacial score (nSPS) is 19.8. The van der Waals surface area contributed by atoms with E-state index in [0.29, 0.717) is 11.4 Å². The summed E-state index contributed by atoms with van der Waals surface area (Å²) in [6.45, 7) is 1.71. The van der Waals surface area contributed by atoms with Crippen molar-refractivity contribution < 1.29 is 23.8 Å². The first-order chi connectivity index (χ1) is 11.8. The van der Waals surface area contributed by atoms with Crippen molar-refractivity contribution in [2.75, 3.05) is 13.2 Å². The van der Waals surface area contributed by atoms with Crippen molar-refractivity contribution in [3.63, 3.8) is 0 Å². The lowest BCUT2D eigenvalue weighted by atomic mass is 9.99.